The van der Waals surface area contributed by atoms with Gasteiger partial charge >= 0.3 is 0 Å². The Balaban J connectivity index is 3.29. The van der Waals surface area contributed by atoms with E-state index in [0.29, 0.717) is 10.8 Å². The van der Waals surface area contributed by atoms with Crippen molar-refractivity contribution in [1.82, 2.24) is 0 Å². The van der Waals surface area contributed by atoms with Gasteiger partial charge in [-0.3, -0.25) is 9.59 Å². The number of aromatic hydroxyl groups is 1. The number of rotatable bonds is 2. The van der Waals surface area contributed by atoms with Gasteiger partial charge in [0.25, 0.3) is 0 Å². The summed E-state index contributed by atoms with van der Waals surface area (Å²) in [5.74, 6) is -0.480. The van der Waals surface area contributed by atoms with Crippen molar-refractivity contribution in [2.75, 3.05) is 5.32 Å². The van der Waals surface area contributed by atoms with Gasteiger partial charge in [0.2, 0.25) is 5.91 Å². The molecule has 0 aliphatic rings. The predicted octanol–water partition coefficient (Wildman–Crippen LogP) is 1.93. The lowest BCUT2D eigenvalue weighted by molar-refractivity contribution is -0.114. The first-order chi connectivity index (χ1) is 6.56. The van der Waals surface area contributed by atoms with Crippen molar-refractivity contribution in [1.29, 1.82) is 0 Å². The summed E-state index contributed by atoms with van der Waals surface area (Å²) in [5, 5.41) is 11.8. The lowest BCUT2D eigenvalue weighted by Gasteiger charge is -2.08. The van der Waals surface area contributed by atoms with Crippen LogP contribution < -0.4 is 5.32 Å². The Morgan fingerprint density at radius 3 is 2.71 bits per heavy atom. The van der Waals surface area contributed by atoms with E-state index in [4.69, 9.17) is 0 Å². The molecule has 0 saturated heterocycles. The average Bonchev–Trinajstić information content (AvgIpc) is 2.11. The fraction of sp³-hybridized carbons (Fsp3) is 0.111. The van der Waals surface area contributed by atoms with Crippen LogP contribution in [0.4, 0.5) is 5.69 Å². The van der Waals surface area contributed by atoms with Crippen LogP contribution in [0.15, 0.2) is 16.6 Å². The van der Waals surface area contributed by atoms with Gasteiger partial charge in [0, 0.05) is 11.4 Å². The van der Waals surface area contributed by atoms with E-state index >= 15 is 0 Å². The highest BCUT2D eigenvalue weighted by molar-refractivity contribution is 9.10. The molecule has 1 aromatic carbocycles. The van der Waals surface area contributed by atoms with Crippen LogP contribution in [-0.2, 0) is 4.79 Å². The summed E-state index contributed by atoms with van der Waals surface area (Å²) >= 11 is 3.14. The van der Waals surface area contributed by atoms with Gasteiger partial charge < -0.3 is 10.4 Å². The maximum absolute atomic E-state index is 10.8. The Hall–Kier alpha value is -1.36. The monoisotopic (exact) mass is 257 g/mol. The Bertz CT molecular complexity index is 390. The first kappa shape index (κ1) is 10.7. The van der Waals surface area contributed by atoms with E-state index in [9.17, 15) is 14.7 Å². The van der Waals surface area contributed by atoms with Crippen molar-refractivity contribution in [3.63, 3.8) is 0 Å². The van der Waals surface area contributed by atoms with E-state index < -0.39 is 0 Å². The van der Waals surface area contributed by atoms with Gasteiger partial charge in [-0.25, -0.2) is 0 Å². The van der Waals surface area contributed by atoms with Gasteiger partial charge in [-0.1, -0.05) is 0 Å². The van der Waals surface area contributed by atoms with Gasteiger partial charge in [-0.15, -0.1) is 0 Å². The van der Waals surface area contributed by atoms with Gasteiger partial charge in [-0.2, -0.15) is 0 Å². The third-order valence-corrected chi connectivity index (χ3v) is 2.28. The Labute approximate surface area is 89.1 Å². The quantitative estimate of drug-likeness (QED) is 0.629. The standard InChI is InChI=1S/C9H8BrNO3/c1-5(13)11-9-6(4-12)7(10)2-3-8(9)14/h2-4,14H,1H3,(H,11,13). The minimum absolute atomic E-state index is 0.127. The summed E-state index contributed by atoms with van der Waals surface area (Å²) in [4.78, 5) is 21.5. The number of halogens is 1. The number of carbonyl (C=O) groups is 2. The fourth-order valence-electron chi connectivity index (χ4n) is 1.01. The molecule has 1 amide bonds. The zero-order chi connectivity index (χ0) is 10.7. The molecule has 1 aromatic rings. The number of phenolic OH excluding ortho intramolecular Hbond substituents is 1. The molecule has 2 N–H and O–H groups in total. The number of benzene rings is 1. The number of hydrogen-bond acceptors (Lipinski definition) is 3. The highest BCUT2D eigenvalue weighted by atomic mass is 79.9. The first-order valence-corrected chi connectivity index (χ1v) is 4.59. The highest BCUT2D eigenvalue weighted by Gasteiger charge is 2.11. The van der Waals surface area contributed by atoms with E-state index in [2.05, 4.69) is 21.2 Å². The third-order valence-electron chi connectivity index (χ3n) is 1.59. The van der Waals surface area contributed by atoms with Gasteiger partial charge in [0.05, 0.1) is 11.3 Å². The maximum atomic E-state index is 10.8. The van der Waals surface area contributed by atoms with Crippen molar-refractivity contribution in [2.45, 2.75) is 6.92 Å². The van der Waals surface area contributed by atoms with Crippen molar-refractivity contribution in [3.05, 3.63) is 22.2 Å². The molecule has 0 unspecified atom stereocenters. The Kier molecular flexibility index (Phi) is 3.24. The largest absolute Gasteiger partial charge is 0.506 e. The molecule has 0 spiro atoms. The number of anilines is 1. The summed E-state index contributed by atoms with van der Waals surface area (Å²) in [7, 11) is 0. The van der Waals surface area contributed by atoms with Crippen LogP contribution in [0.25, 0.3) is 0 Å². The lowest BCUT2D eigenvalue weighted by Crippen LogP contribution is -2.08. The van der Waals surface area contributed by atoms with Gasteiger partial charge in [0.15, 0.2) is 6.29 Å². The smallest absolute Gasteiger partial charge is 0.221 e. The van der Waals surface area contributed by atoms with Crippen LogP contribution in [0, 0.1) is 0 Å². The van der Waals surface area contributed by atoms with Crippen molar-refractivity contribution >= 4 is 33.8 Å². The lowest BCUT2D eigenvalue weighted by atomic mass is 10.2. The molecule has 0 heterocycles. The maximum Gasteiger partial charge on any atom is 0.221 e. The molecule has 4 nitrogen and oxygen atoms in total. The molecule has 0 saturated carbocycles. The summed E-state index contributed by atoms with van der Waals surface area (Å²) in [6, 6.07) is 2.92. The Morgan fingerprint density at radius 2 is 2.21 bits per heavy atom. The van der Waals surface area contributed by atoms with E-state index in [1.54, 1.807) is 0 Å². The summed E-state index contributed by atoms with van der Waals surface area (Å²) in [6.07, 6.45) is 0.565. The minimum atomic E-state index is -0.346. The fourth-order valence-corrected chi connectivity index (χ4v) is 1.43. The predicted molar refractivity (Wildman–Crippen MR) is 55.5 cm³/mol. The molecule has 1 rings (SSSR count). The topological polar surface area (TPSA) is 66.4 Å². The number of hydrogen-bond donors (Lipinski definition) is 2. The minimum Gasteiger partial charge on any atom is -0.506 e. The third kappa shape index (κ3) is 2.11. The van der Waals surface area contributed by atoms with Crippen LogP contribution in [0.2, 0.25) is 0 Å². The van der Waals surface area contributed by atoms with Crippen LogP contribution >= 0.6 is 15.9 Å². The molecule has 5 heteroatoms. The molecular weight excluding hydrogens is 250 g/mol. The molecule has 74 valence electrons. The Morgan fingerprint density at radius 1 is 1.57 bits per heavy atom. The van der Waals surface area contributed by atoms with Crippen molar-refractivity contribution in [2.24, 2.45) is 0 Å². The first-order valence-electron chi connectivity index (χ1n) is 3.80. The average molecular weight is 258 g/mol. The van der Waals surface area contributed by atoms with E-state index in [1.165, 1.54) is 19.1 Å². The molecule has 0 radical (unpaired) electrons. The van der Waals surface area contributed by atoms with Gasteiger partial charge in [0.1, 0.15) is 5.75 Å². The molecule has 0 aliphatic carbocycles. The van der Waals surface area contributed by atoms with Gasteiger partial charge in [-0.05, 0) is 28.1 Å². The molecule has 14 heavy (non-hydrogen) atoms. The second-order valence-corrected chi connectivity index (χ2v) is 3.51. The molecule has 0 aromatic heterocycles. The number of nitrogens with one attached hydrogen (secondary N) is 1. The molecule has 0 fully saturated rings. The van der Waals surface area contributed by atoms with Crippen LogP contribution in [0.3, 0.4) is 0 Å². The van der Waals surface area contributed by atoms with Crippen LogP contribution in [0.5, 0.6) is 5.75 Å². The molecule has 0 bridgehead atoms. The zero-order valence-electron chi connectivity index (χ0n) is 7.37. The van der Waals surface area contributed by atoms with E-state index in [1.807, 2.05) is 0 Å². The summed E-state index contributed by atoms with van der Waals surface area (Å²) in [6.45, 7) is 1.30. The second-order valence-electron chi connectivity index (χ2n) is 2.65. The molecule has 0 aliphatic heterocycles. The van der Waals surface area contributed by atoms with Crippen LogP contribution in [0.1, 0.15) is 17.3 Å². The normalized spacial score (nSPS) is 9.57. The number of amides is 1. The summed E-state index contributed by atoms with van der Waals surface area (Å²) in [5.41, 5.74) is 0.349. The van der Waals surface area contributed by atoms with E-state index in [-0.39, 0.29) is 22.9 Å². The molecular formula is C9H8BrNO3. The zero-order valence-corrected chi connectivity index (χ0v) is 8.96. The van der Waals surface area contributed by atoms with Crippen molar-refractivity contribution in [3.8, 4) is 5.75 Å². The van der Waals surface area contributed by atoms with E-state index in [0.717, 1.165) is 0 Å². The second kappa shape index (κ2) is 4.23. The number of aldehydes is 1. The SMILES string of the molecule is CC(=O)Nc1c(O)ccc(Br)c1C=O. The number of carbonyl (C=O) groups excluding carboxylic acids is 2. The van der Waals surface area contributed by atoms with Crippen molar-refractivity contribution < 1.29 is 14.7 Å². The molecule has 0 atom stereocenters. The summed E-state index contributed by atoms with van der Waals surface area (Å²) < 4.78 is 0.522. The number of phenols is 1. The van der Waals surface area contributed by atoms with Crippen LogP contribution in [-0.4, -0.2) is 17.3 Å². The highest BCUT2D eigenvalue weighted by Crippen LogP contribution is 2.31.